The molecule has 1 aliphatic heterocycles. The molecular formula is C20H23N3O3. The standard InChI is InChI=1S/C20H23N3O3/c1-14-17(19(25)26)12-21-23(14)16-6-4-15(5-7-16)18(24)22-11-10-20(13-22)8-2-3-9-20/h4-7,12H,2-3,8-11,13H2,1H3,(H,25,26). The Morgan fingerprint density at radius 2 is 1.81 bits per heavy atom. The molecule has 1 saturated carbocycles. The number of hydrogen-bond donors (Lipinski definition) is 1. The number of rotatable bonds is 3. The largest absolute Gasteiger partial charge is 0.478 e. The first kappa shape index (κ1) is 16.8. The smallest absolute Gasteiger partial charge is 0.339 e. The second kappa shape index (κ2) is 6.27. The predicted molar refractivity (Wildman–Crippen MR) is 96.7 cm³/mol. The average Bonchev–Trinajstić information content (AvgIpc) is 3.36. The van der Waals surface area contributed by atoms with Crippen LogP contribution >= 0.6 is 0 Å². The molecule has 1 aliphatic carbocycles. The van der Waals surface area contributed by atoms with E-state index in [0.717, 1.165) is 25.2 Å². The molecule has 0 atom stereocenters. The third kappa shape index (κ3) is 2.79. The summed E-state index contributed by atoms with van der Waals surface area (Å²) < 4.78 is 1.58. The summed E-state index contributed by atoms with van der Waals surface area (Å²) >= 11 is 0. The van der Waals surface area contributed by atoms with Gasteiger partial charge in [0.2, 0.25) is 0 Å². The van der Waals surface area contributed by atoms with E-state index >= 15 is 0 Å². The number of aromatic carboxylic acids is 1. The minimum Gasteiger partial charge on any atom is -0.478 e. The minimum atomic E-state index is -0.990. The lowest BCUT2D eigenvalue weighted by molar-refractivity contribution is 0.0695. The molecule has 2 aromatic rings. The van der Waals surface area contributed by atoms with Crippen molar-refractivity contribution in [1.82, 2.24) is 14.7 Å². The topological polar surface area (TPSA) is 75.4 Å². The molecule has 26 heavy (non-hydrogen) atoms. The Morgan fingerprint density at radius 3 is 2.42 bits per heavy atom. The van der Waals surface area contributed by atoms with E-state index in [1.807, 2.05) is 17.0 Å². The Morgan fingerprint density at radius 1 is 1.12 bits per heavy atom. The number of likely N-dealkylation sites (tertiary alicyclic amines) is 1. The van der Waals surface area contributed by atoms with E-state index in [1.165, 1.54) is 31.9 Å². The highest BCUT2D eigenvalue weighted by Gasteiger charge is 2.41. The van der Waals surface area contributed by atoms with Crippen molar-refractivity contribution in [3.05, 3.63) is 47.3 Å². The van der Waals surface area contributed by atoms with Gasteiger partial charge in [0.1, 0.15) is 5.56 Å². The molecule has 6 heteroatoms. The van der Waals surface area contributed by atoms with Crippen LogP contribution < -0.4 is 0 Å². The van der Waals surface area contributed by atoms with Gasteiger partial charge in [-0.2, -0.15) is 5.10 Å². The minimum absolute atomic E-state index is 0.0868. The highest BCUT2D eigenvalue weighted by Crippen LogP contribution is 2.45. The molecule has 0 radical (unpaired) electrons. The van der Waals surface area contributed by atoms with Gasteiger partial charge in [-0.1, -0.05) is 12.8 Å². The van der Waals surface area contributed by atoms with Crippen molar-refractivity contribution in [3.63, 3.8) is 0 Å². The van der Waals surface area contributed by atoms with E-state index in [9.17, 15) is 9.59 Å². The summed E-state index contributed by atoms with van der Waals surface area (Å²) in [5.41, 5.74) is 2.55. The molecular weight excluding hydrogens is 330 g/mol. The van der Waals surface area contributed by atoms with E-state index in [0.29, 0.717) is 16.7 Å². The number of carboxylic acids is 1. The Hall–Kier alpha value is -2.63. The maximum atomic E-state index is 12.8. The van der Waals surface area contributed by atoms with Crippen molar-refractivity contribution >= 4 is 11.9 Å². The zero-order valence-corrected chi connectivity index (χ0v) is 14.9. The lowest BCUT2D eigenvalue weighted by atomic mass is 9.86. The van der Waals surface area contributed by atoms with Gasteiger partial charge >= 0.3 is 5.97 Å². The molecule has 1 saturated heterocycles. The van der Waals surface area contributed by atoms with Crippen LogP contribution in [0.25, 0.3) is 5.69 Å². The van der Waals surface area contributed by atoms with Gasteiger partial charge in [-0.3, -0.25) is 4.79 Å². The molecule has 1 spiro atoms. The Labute approximate surface area is 152 Å². The Balaban J connectivity index is 1.51. The molecule has 2 fully saturated rings. The summed E-state index contributed by atoms with van der Waals surface area (Å²) in [4.78, 5) is 26.0. The lowest BCUT2D eigenvalue weighted by Crippen LogP contribution is -2.31. The predicted octanol–water partition coefficient (Wildman–Crippen LogP) is 3.29. The molecule has 136 valence electrons. The summed E-state index contributed by atoms with van der Waals surface area (Å²) in [5, 5.41) is 13.3. The summed E-state index contributed by atoms with van der Waals surface area (Å²) in [6.45, 7) is 3.45. The summed E-state index contributed by atoms with van der Waals surface area (Å²) in [7, 11) is 0. The van der Waals surface area contributed by atoms with Gasteiger partial charge < -0.3 is 10.0 Å². The van der Waals surface area contributed by atoms with Gasteiger partial charge in [-0.05, 0) is 55.9 Å². The third-order valence-electron chi connectivity index (χ3n) is 5.99. The Bertz CT molecular complexity index is 848. The number of hydrogen-bond acceptors (Lipinski definition) is 3. The molecule has 4 rings (SSSR count). The zero-order valence-electron chi connectivity index (χ0n) is 14.9. The molecule has 2 heterocycles. The zero-order chi connectivity index (χ0) is 18.3. The van der Waals surface area contributed by atoms with Crippen LogP contribution in [0.1, 0.15) is 58.5 Å². The van der Waals surface area contributed by atoms with Crippen LogP contribution in [-0.4, -0.2) is 44.8 Å². The third-order valence-corrected chi connectivity index (χ3v) is 5.99. The molecule has 1 aromatic heterocycles. The van der Waals surface area contributed by atoms with E-state index in [2.05, 4.69) is 5.10 Å². The number of carbonyl (C=O) groups excluding carboxylic acids is 1. The first-order valence-corrected chi connectivity index (χ1v) is 9.17. The van der Waals surface area contributed by atoms with Crippen molar-refractivity contribution in [3.8, 4) is 5.69 Å². The summed E-state index contributed by atoms with van der Waals surface area (Å²) in [5.74, 6) is -0.904. The molecule has 6 nitrogen and oxygen atoms in total. The molecule has 1 N–H and O–H groups in total. The molecule has 2 aliphatic rings. The van der Waals surface area contributed by atoms with Crippen LogP contribution in [0, 0.1) is 12.3 Å². The van der Waals surface area contributed by atoms with Crippen molar-refractivity contribution < 1.29 is 14.7 Å². The number of aromatic nitrogens is 2. The van der Waals surface area contributed by atoms with E-state index < -0.39 is 5.97 Å². The van der Waals surface area contributed by atoms with Crippen molar-refractivity contribution in [1.29, 1.82) is 0 Å². The molecule has 1 amide bonds. The fourth-order valence-electron chi connectivity index (χ4n) is 4.45. The van der Waals surface area contributed by atoms with Gasteiger partial charge in [-0.15, -0.1) is 0 Å². The van der Waals surface area contributed by atoms with Crippen molar-refractivity contribution in [2.45, 2.75) is 39.0 Å². The number of nitrogens with zero attached hydrogens (tertiary/aromatic N) is 3. The highest BCUT2D eigenvalue weighted by molar-refractivity contribution is 5.94. The van der Waals surface area contributed by atoms with Crippen LogP contribution in [0.2, 0.25) is 0 Å². The Kier molecular flexibility index (Phi) is 4.05. The van der Waals surface area contributed by atoms with Crippen LogP contribution in [0.4, 0.5) is 0 Å². The lowest BCUT2D eigenvalue weighted by Gasteiger charge is -2.23. The quantitative estimate of drug-likeness (QED) is 0.919. The van der Waals surface area contributed by atoms with E-state index in [1.54, 1.807) is 23.7 Å². The first-order valence-electron chi connectivity index (χ1n) is 9.17. The second-order valence-electron chi connectivity index (χ2n) is 7.59. The van der Waals surface area contributed by atoms with E-state index in [-0.39, 0.29) is 11.5 Å². The SMILES string of the molecule is Cc1c(C(=O)O)cnn1-c1ccc(C(=O)N2CCC3(CCCC3)C2)cc1. The second-order valence-corrected chi connectivity index (χ2v) is 7.59. The van der Waals surface area contributed by atoms with Gasteiger partial charge in [0.05, 0.1) is 17.6 Å². The van der Waals surface area contributed by atoms with Crippen LogP contribution in [0.3, 0.4) is 0 Å². The average molecular weight is 353 g/mol. The van der Waals surface area contributed by atoms with Crippen molar-refractivity contribution in [2.24, 2.45) is 5.41 Å². The van der Waals surface area contributed by atoms with Crippen LogP contribution in [0.15, 0.2) is 30.5 Å². The fourth-order valence-corrected chi connectivity index (χ4v) is 4.45. The highest BCUT2D eigenvalue weighted by atomic mass is 16.4. The van der Waals surface area contributed by atoms with Gasteiger partial charge in [0.25, 0.3) is 5.91 Å². The summed E-state index contributed by atoms with van der Waals surface area (Å²) in [6.07, 6.45) is 7.56. The summed E-state index contributed by atoms with van der Waals surface area (Å²) in [6, 6.07) is 7.25. The number of benzene rings is 1. The first-order chi connectivity index (χ1) is 12.5. The van der Waals surface area contributed by atoms with Gasteiger partial charge in [-0.25, -0.2) is 9.48 Å². The maximum absolute atomic E-state index is 12.8. The fraction of sp³-hybridized carbons (Fsp3) is 0.450. The number of amides is 1. The van der Waals surface area contributed by atoms with Gasteiger partial charge in [0, 0.05) is 18.7 Å². The molecule has 0 unspecified atom stereocenters. The van der Waals surface area contributed by atoms with Crippen LogP contribution in [-0.2, 0) is 0 Å². The maximum Gasteiger partial charge on any atom is 0.339 e. The van der Waals surface area contributed by atoms with E-state index in [4.69, 9.17) is 5.11 Å². The molecule has 1 aromatic carbocycles. The molecule has 0 bridgehead atoms. The number of carboxylic acid groups (broad SMARTS) is 1. The van der Waals surface area contributed by atoms with Gasteiger partial charge in [0.15, 0.2) is 0 Å². The monoisotopic (exact) mass is 353 g/mol. The normalized spacial score (nSPS) is 18.6. The van der Waals surface area contributed by atoms with Crippen LogP contribution in [0.5, 0.6) is 0 Å². The van der Waals surface area contributed by atoms with Crippen molar-refractivity contribution in [2.75, 3.05) is 13.1 Å². The number of carbonyl (C=O) groups is 2.